The third kappa shape index (κ3) is 8.97. The molecule has 8 N–H and O–H groups in total. The summed E-state index contributed by atoms with van der Waals surface area (Å²) >= 11 is 0. The number of phenols is 1. The Kier molecular flexibility index (Phi) is 11.8. The van der Waals surface area contributed by atoms with Gasteiger partial charge in [0, 0.05) is 42.2 Å². The number of fused-ring (bicyclic) bond motifs is 1. The van der Waals surface area contributed by atoms with Gasteiger partial charge in [0.05, 0.1) is 11.6 Å². The molecular formula is C38H38N4O9. The van der Waals surface area contributed by atoms with E-state index in [1.165, 1.54) is 42.5 Å². The number of pyridine rings is 1. The molecule has 51 heavy (non-hydrogen) atoms. The van der Waals surface area contributed by atoms with Crippen LogP contribution in [0.5, 0.6) is 11.5 Å². The van der Waals surface area contributed by atoms with Crippen molar-refractivity contribution in [2.75, 3.05) is 32.8 Å². The normalized spacial score (nSPS) is 12.8. The van der Waals surface area contributed by atoms with E-state index in [1.807, 2.05) is 12.1 Å². The van der Waals surface area contributed by atoms with Crippen LogP contribution in [-0.2, 0) is 21.6 Å². The summed E-state index contributed by atoms with van der Waals surface area (Å²) in [6.07, 6.45) is -0.225. The van der Waals surface area contributed by atoms with E-state index < -0.39 is 23.6 Å². The van der Waals surface area contributed by atoms with Gasteiger partial charge in [0.2, 0.25) is 11.2 Å². The molecule has 0 bridgehead atoms. The monoisotopic (exact) mass is 694 g/mol. The number of aromatic nitrogens is 1. The second kappa shape index (κ2) is 16.6. The lowest BCUT2D eigenvalue weighted by Crippen LogP contribution is -2.37. The van der Waals surface area contributed by atoms with E-state index in [1.54, 1.807) is 48.5 Å². The molecular weight excluding hydrogens is 656 g/mol. The van der Waals surface area contributed by atoms with E-state index in [4.69, 9.17) is 4.74 Å². The van der Waals surface area contributed by atoms with E-state index >= 15 is 0 Å². The van der Waals surface area contributed by atoms with E-state index in [0.717, 1.165) is 5.56 Å². The number of ether oxygens (including phenoxy) is 1. The minimum Gasteiger partial charge on any atom is -0.506 e. The Hall–Kier alpha value is -6.02. The molecule has 0 aliphatic rings. The van der Waals surface area contributed by atoms with Gasteiger partial charge in [-0.1, -0.05) is 60.7 Å². The number of amides is 2. The molecule has 0 saturated heterocycles. The fourth-order valence-corrected chi connectivity index (χ4v) is 5.54. The van der Waals surface area contributed by atoms with Crippen molar-refractivity contribution in [2.24, 2.45) is 0 Å². The third-order valence-electron chi connectivity index (χ3n) is 8.27. The maximum absolute atomic E-state index is 12.6. The molecule has 4 aromatic carbocycles. The Morgan fingerprint density at radius 2 is 1.55 bits per heavy atom. The zero-order valence-electron chi connectivity index (χ0n) is 27.5. The highest BCUT2D eigenvalue weighted by atomic mass is 16.5. The second-order valence-electron chi connectivity index (χ2n) is 11.8. The second-order valence-corrected chi connectivity index (χ2v) is 11.8. The maximum Gasteiger partial charge on any atom is 0.345 e. The van der Waals surface area contributed by atoms with Crippen molar-refractivity contribution in [3.8, 4) is 11.5 Å². The average molecular weight is 695 g/mol. The SMILES string of the molecule is O=C(COc1cccc([C@](O)(C(=O)O)c2ccccc2)c1)NCCNC(=O)c1ccc(CCNC[C@H](O)c2ccc(O)c3[nH]c(=O)ccc23)cc1. The van der Waals surface area contributed by atoms with Gasteiger partial charge in [-0.15, -0.1) is 0 Å². The molecule has 2 atom stereocenters. The molecule has 0 aliphatic carbocycles. The number of aromatic hydroxyl groups is 1. The van der Waals surface area contributed by atoms with E-state index in [0.29, 0.717) is 29.5 Å². The van der Waals surface area contributed by atoms with Gasteiger partial charge in [-0.3, -0.25) is 14.4 Å². The smallest absolute Gasteiger partial charge is 0.345 e. The molecule has 1 aromatic heterocycles. The molecule has 2 amide bonds. The molecule has 5 aromatic rings. The van der Waals surface area contributed by atoms with Crippen LogP contribution in [0.25, 0.3) is 10.9 Å². The number of benzene rings is 4. The van der Waals surface area contributed by atoms with Gasteiger partial charge in [0.25, 0.3) is 11.8 Å². The number of hydrogen-bond acceptors (Lipinski definition) is 9. The topological polar surface area (TPSA) is 210 Å². The molecule has 264 valence electrons. The summed E-state index contributed by atoms with van der Waals surface area (Å²) in [5.41, 5.74) is -0.122. The largest absolute Gasteiger partial charge is 0.506 e. The number of carboxylic acid groups (broad SMARTS) is 1. The number of nitrogens with one attached hydrogen (secondary N) is 4. The summed E-state index contributed by atoms with van der Waals surface area (Å²) in [6, 6.07) is 26.9. The highest BCUT2D eigenvalue weighted by molar-refractivity contribution is 5.94. The van der Waals surface area contributed by atoms with Crippen LogP contribution < -0.4 is 26.2 Å². The number of aliphatic hydroxyl groups is 2. The van der Waals surface area contributed by atoms with Crippen molar-refractivity contribution in [3.05, 3.63) is 141 Å². The molecule has 1 heterocycles. The van der Waals surface area contributed by atoms with E-state index in [2.05, 4.69) is 20.9 Å². The first-order valence-corrected chi connectivity index (χ1v) is 16.2. The van der Waals surface area contributed by atoms with Gasteiger partial charge in [-0.2, -0.15) is 0 Å². The van der Waals surface area contributed by atoms with Crippen LogP contribution in [0.2, 0.25) is 0 Å². The molecule has 13 heteroatoms. The van der Waals surface area contributed by atoms with Crippen LogP contribution in [0.1, 0.15) is 38.7 Å². The molecule has 0 radical (unpaired) electrons. The molecule has 13 nitrogen and oxygen atoms in total. The maximum atomic E-state index is 12.6. The Bertz CT molecular complexity index is 2050. The number of phenolic OH excluding ortho intramolecular Hbond substituents is 1. The molecule has 0 saturated carbocycles. The lowest BCUT2D eigenvalue weighted by Gasteiger charge is -2.25. The van der Waals surface area contributed by atoms with Gasteiger partial charge in [0.1, 0.15) is 11.5 Å². The van der Waals surface area contributed by atoms with Crippen LogP contribution in [-0.4, -0.2) is 76.0 Å². The molecule has 5 rings (SSSR count). The van der Waals surface area contributed by atoms with Crippen LogP contribution in [0.15, 0.2) is 108 Å². The minimum absolute atomic E-state index is 0.0714. The lowest BCUT2D eigenvalue weighted by molar-refractivity contribution is -0.155. The predicted molar refractivity (Wildman–Crippen MR) is 189 cm³/mol. The summed E-state index contributed by atoms with van der Waals surface area (Å²) in [5.74, 6) is -2.09. The quantitative estimate of drug-likeness (QED) is 0.0707. The minimum atomic E-state index is -2.30. The molecule has 0 aliphatic heterocycles. The first kappa shape index (κ1) is 36.3. The Labute approximate surface area is 292 Å². The summed E-state index contributed by atoms with van der Waals surface area (Å²) in [7, 11) is 0. The number of H-pyrrole nitrogens is 1. The number of hydrogen-bond donors (Lipinski definition) is 8. The van der Waals surface area contributed by atoms with E-state index in [-0.39, 0.29) is 65.9 Å². The highest BCUT2D eigenvalue weighted by Gasteiger charge is 2.40. The van der Waals surface area contributed by atoms with Crippen LogP contribution in [0.3, 0.4) is 0 Å². The van der Waals surface area contributed by atoms with Crippen LogP contribution in [0.4, 0.5) is 0 Å². The lowest BCUT2D eigenvalue weighted by atomic mass is 9.86. The summed E-state index contributed by atoms with van der Waals surface area (Å²) in [5, 5.41) is 50.8. The van der Waals surface area contributed by atoms with Crippen molar-refractivity contribution in [1.29, 1.82) is 0 Å². The molecule has 0 spiro atoms. The van der Waals surface area contributed by atoms with Gasteiger partial charge >= 0.3 is 5.97 Å². The number of aromatic amines is 1. The zero-order chi connectivity index (χ0) is 36.4. The highest BCUT2D eigenvalue weighted by Crippen LogP contribution is 2.32. The van der Waals surface area contributed by atoms with Crippen molar-refractivity contribution in [3.63, 3.8) is 0 Å². The number of rotatable bonds is 16. The fourth-order valence-electron chi connectivity index (χ4n) is 5.54. The van der Waals surface area contributed by atoms with Gasteiger partial charge < -0.3 is 46.1 Å². The number of carbonyl (C=O) groups is 3. The Morgan fingerprint density at radius 1 is 0.824 bits per heavy atom. The average Bonchev–Trinajstić information content (AvgIpc) is 3.14. The van der Waals surface area contributed by atoms with Crippen molar-refractivity contribution in [1.82, 2.24) is 20.9 Å². The van der Waals surface area contributed by atoms with Crippen molar-refractivity contribution in [2.45, 2.75) is 18.1 Å². The van der Waals surface area contributed by atoms with Crippen molar-refractivity contribution < 1.29 is 39.5 Å². The van der Waals surface area contributed by atoms with Crippen molar-refractivity contribution >= 4 is 28.7 Å². The van der Waals surface area contributed by atoms with Crippen LogP contribution in [0, 0.1) is 0 Å². The Balaban J connectivity index is 1.01. The number of aliphatic carboxylic acids is 1. The van der Waals surface area contributed by atoms with Crippen LogP contribution >= 0.6 is 0 Å². The number of carboxylic acids is 1. The molecule has 0 unspecified atom stereocenters. The molecule has 0 fully saturated rings. The summed E-state index contributed by atoms with van der Waals surface area (Å²) < 4.78 is 5.53. The predicted octanol–water partition coefficient (Wildman–Crippen LogP) is 2.34. The zero-order valence-corrected chi connectivity index (χ0v) is 27.5. The first-order chi connectivity index (χ1) is 24.6. The number of carbonyl (C=O) groups excluding carboxylic acids is 2. The summed E-state index contributed by atoms with van der Waals surface area (Å²) in [6.45, 7) is 0.764. The van der Waals surface area contributed by atoms with Gasteiger partial charge in [-0.25, -0.2) is 4.79 Å². The Morgan fingerprint density at radius 3 is 2.29 bits per heavy atom. The number of aliphatic hydroxyl groups excluding tert-OH is 1. The van der Waals surface area contributed by atoms with Gasteiger partial charge in [-0.05, 0) is 66.1 Å². The fraction of sp³-hybridized carbons (Fsp3) is 0.211. The standard InChI is InChI=1S/C38H38N4O9/c43-31-15-13-29(30-14-16-33(45)42-35(30)31)32(44)22-39-18-17-24-9-11-25(12-10-24)36(47)41-20-19-40-34(46)23-51-28-8-4-7-27(21-28)38(50,37(48)49)26-5-2-1-3-6-26/h1-16,21,32,39,43-44,50H,17-20,22-23H2,(H,40,46)(H,41,47)(H,42,45)(H,48,49)/t32-,38-/m0/s1. The third-order valence-corrected chi connectivity index (χ3v) is 8.27. The van der Waals surface area contributed by atoms with E-state index in [9.17, 15) is 39.6 Å². The van der Waals surface area contributed by atoms with Gasteiger partial charge in [0.15, 0.2) is 6.61 Å². The summed E-state index contributed by atoms with van der Waals surface area (Å²) in [4.78, 5) is 51.2. The first-order valence-electron chi connectivity index (χ1n) is 16.2.